The van der Waals surface area contributed by atoms with Crippen LogP contribution in [0.3, 0.4) is 0 Å². The molecule has 3 aromatic rings. The normalized spacial score (nSPS) is 17.5. The molecule has 3 fully saturated rings. The van der Waals surface area contributed by atoms with Gasteiger partial charge in [0.15, 0.2) is 11.5 Å². The Morgan fingerprint density at radius 2 is 1.91 bits per heavy atom. The minimum absolute atomic E-state index is 0.162. The summed E-state index contributed by atoms with van der Waals surface area (Å²) < 4.78 is 28.2. The molecule has 0 bridgehead atoms. The zero-order valence-corrected chi connectivity index (χ0v) is 25.4. The van der Waals surface area contributed by atoms with Gasteiger partial charge in [0.25, 0.3) is 0 Å². The second-order valence-corrected chi connectivity index (χ2v) is 11.9. The van der Waals surface area contributed by atoms with E-state index in [1.54, 1.807) is 37.4 Å². The molecule has 1 spiro atoms. The number of ether oxygens (including phenoxy) is 5. The number of piperidine rings is 1. The Morgan fingerprint density at radius 1 is 1.09 bits per heavy atom. The molecule has 3 aliphatic rings. The van der Waals surface area contributed by atoms with Crippen LogP contribution in [-0.4, -0.2) is 86.6 Å². The minimum Gasteiger partial charge on any atom is -0.493 e. The van der Waals surface area contributed by atoms with Crippen molar-refractivity contribution in [1.82, 2.24) is 20.2 Å². The lowest BCUT2D eigenvalue weighted by Gasteiger charge is -2.47. The summed E-state index contributed by atoms with van der Waals surface area (Å²) in [5.74, 6) is 2.25. The molecule has 12 nitrogen and oxygen atoms in total. The van der Waals surface area contributed by atoms with Gasteiger partial charge in [-0.3, -0.25) is 4.79 Å². The first-order chi connectivity index (χ1) is 21.4. The second-order valence-electron chi connectivity index (χ2n) is 11.5. The molecule has 3 saturated heterocycles. The molecule has 0 aliphatic carbocycles. The van der Waals surface area contributed by atoms with Crippen LogP contribution >= 0.6 is 11.6 Å². The molecular weight excluding hydrogens is 590 g/mol. The van der Waals surface area contributed by atoms with Gasteiger partial charge in [-0.2, -0.15) is 0 Å². The lowest BCUT2D eigenvalue weighted by molar-refractivity contribution is -0.153. The summed E-state index contributed by atoms with van der Waals surface area (Å²) in [4.78, 5) is 35.6. The number of nitrogens with zero attached hydrogens (tertiary/aromatic N) is 3. The lowest BCUT2D eigenvalue weighted by Crippen LogP contribution is -2.52. The summed E-state index contributed by atoms with van der Waals surface area (Å²) in [5, 5.41) is 6.49. The third-order valence-electron chi connectivity index (χ3n) is 8.33. The highest BCUT2D eigenvalue weighted by atomic mass is 35.5. The largest absolute Gasteiger partial charge is 0.493 e. The van der Waals surface area contributed by atoms with Crippen LogP contribution in [0.1, 0.15) is 25.7 Å². The number of rotatable bonds is 11. The van der Waals surface area contributed by atoms with Gasteiger partial charge in [0.1, 0.15) is 12.1 Å². The molecule has 3 aliphatic heterocycles. The predicted molar refractivity (Wildman–Crippen MR) is 163 cm³/mol. The highest BCUT2D eigenvalue weighted by molar-refractivity contribution is 6.33. The van der Waals surface area contributed by atoms with Crippen molar-refractivity contribution in [3.63, 3.8) is 0 Å². The molecule has 6 rings (SSSR count). The monoisotopic (exact) mass is 625 g/mol. The number of fused-ring (bicyclic) bond motifs is 1. The molecule has 44 heavy (non-hydrogen) atoms. The van der Waals surface area contributed by atoms with Gasteiger partial charge in [0, 0.05) is 49.5 Å². The van der Waals surface area contributed by atoms with Crippen molar-refractivity contribution < 1.29 is 33.3 Å². The number of aromatic nitrogens is 2. The van der Waals surface area contributed by atoms with Crippen LogP contribution in [0.15, 0.2) is 36.7 Å². The molecule has 3 amide bonds. The van der Waals surface area contributed by atoms with E-state index in [1.807, 2.05) is 4.90 Å². The maximum absolute atomic E-state index is 12.7. The highest BCUT2D eigenvalue weighted by Crippen LogP contribution is 2.39. The molecule has 1 aromatic heterocycles. The van der Waals surface area contributed by atoms with E-state index in [2.05, 4.69) is 20.6 Å². The van der Waals surface area contributed by atoms with Crippen molar-refractivity contribution in [3.8, 4) is 23.1 Å². The van der Waals surface area contributed by atoms with Crippen LogP contribution in [0.2, 0.25) is 5.02 Å². The van der Waals surface area contributed by atoms with Gasteiger partial charge < -0.3 is 39.2 Å². The maximum atomic E-state index is 12.7. The fourth-order valence-corrected chi connectivity index (χ4v) is 5.66. The average Bonchev–Trinajstić information content (AvgIpc) is 2.99. The van der Waals surface area contributed by atoms with Crippen molar-refractivity contribution in [3.05, 3.63) is 41.7 Å². The van der Waals surface area contributed by atoms with Crippen molar-refractivity contribution in [1.29, 1.82) is 0 Å². The molecule has 0 radical (unpaired) electrons. The van der Waals surface area contributed by atoms with Crippen molar-refractivity contribution in [2.75, 3.05) is 65.1 Å². The number of nitrogens with one attached hydrogen (secondary N) is 2. The Balaban J connectivity index is 1.04. The number of likely N-dealkylation sites (tertiary alicyclic amines) is 1. The summed E-state index contributed by atoms with van der Waals surface area (Å²) in [5.41, 5.74) is 1.36. The SMILES string of the molecule is COc1cc2c(Oc3ccc(NC(=O)NCC4COC4)c(Cl)c3)ncnc2cc1OCCCC(=O)N1CCC2(CC1)COC2. The molecule has 0 unspecified atom stereocenters. The van der Waals surface area contributed by atoms with Crippen LogP contribution in [0.25, 0.3) is 10.9 Å². The summed E-state index contributed by atoms with van der Waals surface area (Å²) in [6.45, 7) is 5.46. The van der Waals surface area contributed by atoms with Crippen LogP contribution in [-0.2, 0) is 14.3 Å². The third-order valence-corrected chi connectivity index (χ3v) is 8.64. The Bertz CT molecular complexity index is 1500. The highest BCUT2D eigenvalue weighted by Gasteiger charge is 2.41. The number of anilines is 1. The molecular formula is C31H36ClN5O7. The van der Waals surface area contributed by atoms with Gasteiger partial charge in [-0.1, -0.05) is 11.6 Å². The molecule has 0 atom stereocenters. The van der Waals surface area contributed by atoms with Crippen LogP contribution in [0.4, 0.5) is 10.5 Å². The first-order valence-electron chi connectivity index (χ1n) is 14.8. The van der Waals surface area contributed by atoms with E-state index in [9.17, 15) is 9.59 Å². The molecule has 234 valence electrons. The zero-order chi connectivity index (χ0) is 30.5. The quantitative estimate of drug-likeness (QED) is 0.292. The molecule has 13 heteroatoms. The summed E-state index contributed by atoms with van der Waals surface area (Å²) in [7, 11) is 1.56. The van der Waals surface area contributed by atoms with E-state index in [0.717, 1.165) is 39.1 Å². The Labute approximate surface area is 260 Å². The van der Waals surface area contributed by atoms with E-state index >= 15 is 0 Å². The fraction of sp³-hybridized carbons (Fsp3) is 0.484. The van der Waals surface area contributed by atoms with Gasteiger partial charge in [-0.25, -0.2) is 14.8 Å². The molecule has 0 saturated carbocycles. The summed E-state index contributed by atoms with van der Waals surface area (Å²) >= 11 is 6.43. The number of benzene rings is 2. The molecule has 4 heterocycles. The van der Waals surface area contributed by atoms with Crippen LogP contribution in [0, 0.1) is 11.3 Å². The van der Waals surface area contributed by atoms with Gasteiger partial charge in [0.05, 0.1) is 61.8 Å². The first-order valence-corrected chi connectivity index (χ1v) is 15.2. The van der Waals surface area contributed by atoms with E-state index in [4.69, 9.17) is 35.3 Å². The number of hydrogen-bond donors (Lipinski definition) is 2. The minimum atomic E-state index is -0.342. The number of methoxy groups -OCH3 is 1. The number of carbonyl (C=O) groups excluding carboxylic acids is 2. The van der Waals surface area contributed by atoms with Crippen LogP contribution < -0.4 is 24.8 Å². The predicted octanol–water partition coefficient (Wildman–Crippen LogP) is 4.65. The summed E-state index contributed by atoms with van der Waals surface area (Å²) in [6, 6.07) is 8.14. The maximum Gasteiger partial charge on any atom is 0.319 e. The topological polar surface area (TPSA) is 133 Å². The third kappa shape index (κ3) is 6.92. The molecule has 2 aromatic carbocycles. The van der Waals surface area contributed by atoms with Crippen molar-refractivity contribution >= 4 is 40.1 Å². The zero-order valence-electron chi connectivity index (χ0n) is 24.6. The Hall–Kier alpha value is -3.87. The average molecular weight is 626 g/mol. The number of carbonyl (C=O) groups is 2. The van der Waals surface area contributed by atoms with Crippen molar-refractivity contribution in [2.24, 2.45) is 11.3 Å². The Kier molecular flexibility index (Phi) is 9.20. The standard InChI is InChI=1S/C31H36ClN5O7/c1-40-26-12-22-25(13-27(26)43-10-2-3-28(38)37-8-6-31(7-9-37)17-42-18-31)34-19-35-29(22)44-21-4-5-24(23(32)11-21)36-30(39)33-14-20-15-41-16-20/h4-5,11-13,19-20H,2-3,6-10,14-18H2,1H3,(H2,33,36,39). The van der Waals surface area contributed by atoms with Crippen molar-refractivity contribution in [2.45, 2.75) is 25.7 Å². The summed E-state index contributed by atoms with van der Waals surface area (Å²) in [6.07, 6.45) is 4.45. The van der Waals surface area contributed by atoms with Gasteiger partial charge in [0.2, 0.25) is 11.8 Å². The number of halogens is 1. The van der Waals surface area contributed by atoms with Gasteiger partial charge in [-0.15, -0.1) is 0 Å². The number of amides is 3. The van der Waals surface area contributed by atoms with E-state index < -0.39 is 0 Å². The van der Waals surface area contributed by atoms with Gasteiger partial charge >= 0.3 is 6.03 Å². The number of hydrogen-bond acceptors (Lipinski definition) is 9. The van der Waals surface area contributed by atoms with Crippen LogP contribution in [0.5, 0.6) is 23.1 Å². The first kappa shape index (κ1) is 30.2. The van der Waals surface area contributed by atoms with E-state index in [-0.39, 0.29) is 11.9 Å². The van der Waals surface area contributed by atoms with Gasteiger partial charge in [-0.05, 0) is 37.5 Å². The molecule has 2 N–H and O–H groups in total. The van der Waals surface area contributed by atoms with E-state index in [1.165, 1.54) is 6.33 Å². The lowest BCUT2D eigenvalue weighted by atomic mass is 9.77. The second kappa shape index (κ2) is 13.4. The van der Waals surface area contributed by atoms with E-state index in [0.29, 0.717) is 95.3 Å². The fourth-order valence-electron chi connectivity index (χ4n) is 5.45. The smallest absolute Gasteiger partial charge is 0.319 e. The number of urea groups is 1. The Morgan fingerprint density at radius 3 is 2.59 bits per heavy atom.